The Labute approximate surface area is 397 Å². The Morgan fingerprint density at radius 2 is 1.09 bits per heavy atom. The summed E-state index contributed by atoms with van der Waals surface area (Å²) in [7, 11) is 0. The summed E-state index contributed by atoms with van der Waals surface area (Å²) in [6, 6.07) is 21.5. The van der Waals surface area contributed by atoms with Crippen LogP contribution >= 0.6 is 23.2 Å². The van der Waals surface area contributed by atoms with Crippen LogP contribution in [0.4, 0.5) is 8.78 Å². The average molecular weight is 988 g/mol. The molecule has 0 aliphatic heterocycles. The first-order valence-electron chi connectivity index (χ1n) is 20.0. The van der Waals surface area contributed by atoms with Gasteiger partial charge in [-0.2, -0.15) is 0 Å². The molecule has 4 atom stereocenters. The van der Waals surface area contributed by atoms with Gasteiger partial charge in [-0.3, -0.25) is 24.4 Å². The number of benzene rings is 4. The number of aromatic carboxylic acids is 1. The van der Waals surface area contributed by atoms with Crippen molar-refractivity contribution in [2.45, 2.75) is 59.0 Å². The number of oxazole rings is 2. The largest absolute Gasteiger partial charge is 0.481 e. The summed E-state index contributed by atoms with van der Waals surface area (Å²) in [5.41, 5.74) is 6.95. The van der Waals surface area contributed by atoms with Gasteiger partial charge in [-0.15, -0.1) is 0 Å². The van der Waals surface area contributed by atoms with E-state index in [1.54, 1.807) is 42.5 Å². The van der Waals surface area contributed by atoms with Gasteiger partial charge >= 0.3 is 29.4 Å². The predicted molar refractivity (Wildman–Crippen MR) is 248 cm³/mol. The molecule has 4 aromatic carbocycles. The maximum atomic E-state index is 14.2. The lowest BCUT2D eigenvalue weighted by Crippen LogP contribution is -2.44. The number of carbonyl (C=O) groups excluding carboxylic acids is 1. The average Bonchev–Trinajstić information content (AvgIpc) is 3.94. The van der Waals surface area contributed by atoms with Crippen LogP contribution in [-0.4, -0.2) is 84.6 Å². The zero-order chi connectivity index (χ0) is 49.6. The highest BCUT2D eigenvalue weighted by Crippen LogP contribution is 2.30. The maximum Gasteiger partial charge on any atom is 0.417 e. The number of carbonyl (C=O) groups is 4. The summed E-state index contributed by atoms with van der Waals surface area (Å²) in [5.74, 6) is -7.22. The molecule has 0 saturated carbocycles. The number of nitrogens with one attached hydrogen (secondary N) is 3. The smallest absolute Gasteiger partial charge is 0.417 e. The number of halogens is 4. The van der Waals surface area contributed by atoms with Crippen LogP contribution in [-0.2, 0) is 22.4 Å². The van der Waals surface area contributed by atoms with Crippen molar-refractivity contribution in [1.29, 1.82) is 0 Å². The monoisotopic (exact) mass is 986 g/mol. The van der Waals surface area contributed by atoms with E-state index in [9.17, 15) is 58.0 Å². The number of rotatable bonds is 17. The third-order valence-corrected chi connectivity index (χ3v) is 10.8. The van der Waals surface area contributed by atoms with Gasteiger partial charge in [-0.1, -0.05) is 79.2 Å². The van der Waals surface area contributed by atoms with E-state index < -0.39 is 77.3 Å². The van der Waals surface area contributed by atoms with E-state index in [-0.39, 0.29) is 44.0 Å². The molecule has 364 valence electrons. The molecule has 0 saturated heterocycles. The van der Waals surface area contributed by atoms with Crippen molar-refractivity contribution in [1.82, 2.24) is 15.3 Å². The van der Waals surface area contributed by atoms with Crippen LogP contribution in [0.1, 0.15) is 66.4 Å². The second-order valence-corrected chi connectivity index (χ2v) is 16.7. The van der Waals surface area contributed by atoms with Gasteiger partial charge < -0.3 is 45.4 Å². The highest BCUT2D eigenvalue weighted by atomic mass is 35.5. The molecule has 17 nitrogen and oxygen atoms in total. The van der Waals surface area contributed by atoms with E-state index in [0.717, 1.165) is 23.5 Å². The molecule has 68 heavy (non-hydrogen) atoms. The molecule has 0 spiro atoms. The quantitative estimate of drug-likeness (QED) is 0.0443. The maximum absolute atomic E-state index is 14.2. The number of aliphatic hydroxyl groups excluding tert-OH is 2. The van der Waals surface area contributed by atoms with Gasteiger partial charge in [-0.25, -0.2) is 23.2 Å². The Balaban J connectivity index is 0.000000308. The van der Waals surface area contributed by atoms with E-state index in [1.165, 1.54) is 44.2 Å². The van der Waals surface area contributed by atoms with Crippen molar-refractivity contribution >= 4 is 47.0 Å². The van der Waals surface area contributed by atoms with Crippen molar-refractivity contribution in [2.24, 2.45) is 16.6 Å². The summed E-state index contributed by atoms with van der Waals surface area (Å²) in [6.07, 6.45) is 2.83. The second-order valence-electron chi connectivity index (χ2n) is 15.8. The van der Waals surface area contributed by atoms with Gasteiger partial charge in [0.05, 0.1) is 36.4 Å². The van der Waals surface area contributed by atoms with Gasteiger partial charge in [0.1, 0.15) is 11.6 Å². The normalized spacial score (nSPS) is 13.4. The van der Waals surface area contributed by atoms with Crippen molar-refractivity contribution in [2.75, 3.05) is 13.2 Å². The van der Waals surface area contributed by atoms with Crippen LogP contribution < -0.4 is 22.6 Å². The molecule has 0 unspecified atom stereocenters. The van der Waals surface area contributed by atoms with Crippen LogP contribution in [0.5, 0.6) is 0 Å². The lowest BCUT2D eigenvalue weighted by Gasteiger charge is -2.28. The fourth-order valence-corrected chi connectivity index (χ4v) is 6.86. The first-order valence-corrected chi connectivity index (χ1v) is 20.8. The highest BCUT2D eigenvalue weighted by Gasteiger charge is 2.36. The van der Waals surface area contributed by atoms with E-state index in [0.29, 0.717) is 38.7 Å². The topological polar surface area (TPSA) is 299 Å². The highest BCUT2D eigenvalue weighted by molar-refractivity contribution is 6.31. The third-order valence-electron chi connectivity index (χ3n) is 10.3. The van der Waals surface area contributed by atoms with Crippen molar-refractivity contribution in [3.8, 4) is 22.3 Å². The van der Waals surface area contributed by atoms with Crippen molar-refractivity contribution in [3.05, 3.63) is 163 Å². The summed E-state index contributed by atoms with van der Waals surface area (Å²) < 4.78 is 36.9. The number of carboxylic acid groups (broad SMARTS) is 3. The molecule has 0 bridgehead atoms. The van der Waals surface area contributed by atoms with Gasteiger partial charge in [0, 0.05) is 33.3 Å². The fourth-order valence-electron chi connectivity index (χ4n) is 6.51. The molecule has 2 heterocycles. The number of H-pyrrole nitrogens is 2. The Morgan fingerprint density at radius 3 is 1.46 bits per heavy atom. The number of hydrogen-bond acceptors (Lipinski definition) is 11. The minimum atomic E-state index is -1.51. The molecule has 2 aromatic heterocycles. The summed E-state index contributed by atoms with van der Waals surface area (Å²) in [6.45, 7) is 1.74. The Hall–Kier alpha value is -6.90. The van der Waals surface area contributed by atoms with E-state index >= 15 is 0 Å². The van der Waals surface area contributed by atoms with E-state index in [1.807, 2.05) is 17.1 Å². The molecule has 21 heteroatoms. The van der Waals surface area contributed by atoms with Gasteiger partial charge in [0.25, 0.3) is 5.91 Å². The lowest BCUT2D eigenvalue weighted by molar-refractivity contribution is -0.152. The standard InChI is InChI=1S/C23H22ClFN2O6.C19H21ClFNO3.C4H3NO4.CH4/c1-23(12-28,21(30)31)10-16(27-20(29)19-11-26-22(32)33-19)8-13-2-4-14(5-3-13)17-9-15(24)6-7-18(17)25;1-19(11-23,18(24)25)10-15(22)8-12-2-4-13(5-3-12)16-9-14(20)6-7-17(16)21;6-3(7)2-1-5-4(8)9-2;/h2-7,9,11,16,28H,8,10,12H2,1H3,(H,26,32)(H,27,29)(H,30,31);2-7,9,15,23H,8,10-11,22H2,1H3,(H,24,25);1H,(H,5,8)(H,6,7);1H4/t16-,23+;15-,19+;;/m11../s1. The number of aliphatic carboxylic acids is 2. The molecule has 0 aliphatic carbocycles. The molecule has 6 aromatic rings. The molecule has 0 aliphatic rings. The Morgan fingerprint density at radius 1 is 0.676 bits per heavy atom. The predicted octanol–water partition coefficient (Wildman–Crippen LogP) is 7.03. The van der Waals surface area contributed by atoms with Gasteiger partial charge in [0.2, 0.25) is 11.5 Å². The van der Waals surface area contributed by atoms with Gasteiger partial charge in [0.15, 0.2) is 0 Å². The zero-order valence-electron chi connectivity index (χ0n) is 35.7. The second kappa shape index (κ2) is 24.7. The van der Waals surface area contributed by atoms with Crippen LogP contribution in [0.15, 0.2) is 116 Å². The number of aromatic nitrogens is 2. The van der Waals surface area contributed by atoms with E-state index in [2.05, 4.69) is 14.7 Å². The first kappa shape index (κ1) is 55.4. The van der Waals surface area contributed by atoms with Crippen molar-refractivity contribution in [3.63, 3.8) is 0 Å². The number of hydrogen-bond donors (Lipinski definition) is 9. The number of nitrogens with two attached hydrogens (primary N) is 1. The van der Waals surface area contributed by atoms with Crippen LogP contribution in [0.25, 0.3) is 22.3 Å². The fraction of sp³-hybridized carbons (Fsp3) is 0.277. The number of aliphatic hydroxyl groups is 2. The van der Waals surface area contributed by atoms with Gasteiger partial charge in [-0.05, 0) is 98.2 Å². The number of aromatic amines is 2. The lowest BCUT2D eigenvalue weighted by atomic mass is 9.82. The summed E-state index contributed by atoms with van der Waals surface area (Å²) in [5, 5.41) is 49.3. The minimum Gasteiger partial charge on any atom is -0.481 e. The molecule has 0 radical (unpaired) electrons. The molecule has 0 fully saturated rings. The van der Waals surface area contributed by atoms with Crippen molar-refractivity contribution < 1.29 is 62.3 Å². The number of amides is 1. The molecular formula is C47H50Cl2F2N4O13. The van der Waals surface area contributed by atoms with Crippen LogP contribution in [0.3, 0.4) is 0 Å². The SMILES string of the molecule is C.C[C@@](CO)(C[C@@H](Cc1ccc(-c2cc(Cl)ccc2F)cc1)NC(=O)c1c[nH]c(=O)o1)C(=O)O.C[C@@](CO)(C[C@H](N)Cc1ccc(-c2cc(Cl)ccc2F)cc1)C(=O)O.O=C(O)c1c[nH]c(=O)o1. The third kappa shape index (κ3) is 15.6. The van der Waals surface area contributed by atoms with Crippen LogP contribution in [0.2, 0.25) is 10.0 Å². The van der Waals surface area contributed by atoms with E-state index in [4.69, 9.17) is 38.5 Å². The van der Waals surface area contributed by atoms with Crippen LogP contribution in [0, 0.1) is 22.5 Å². The molecular weight excluding hydrogens is 937 g/mol. The number of carboxylic acids is 3. The zero-order valence-corrected chi connectivity index (χ0v) is 37.2. The molecule has 6 rings (SSSR count). The minimum absolute atomic E-state index is 0. The Bertz CT molecular complexity index is 2780. The molecule has 10 N–H and O–H groups in total. The Kier molecular flexibility index (Phi) is 20.2. The summed E-state index contributed by atoms with van der Waals surface area (Å²) >= 11 is 11.9. The molecule has 1 amide bonds. The first-order chi connectivity index (χ1) is 31.6. The summed E-state index contributed by atoms with van der Waals surface area (Å²) in [4.78, 5) is 70.9.